The van der Waals surface area contributed by atoms with Crippen molar-refractivity contribution in [1.29, 1.82) is 0 Å². The summed E-state index contributed by atoms with van der Waals surface area (Å²) in [7, 11) is -3.88. The van der Waals surface area contributed by atoms with Crippen LogP contribution < -0.4 is 0 Å². The Kier molecular flexibility index (Phi) is 6.81. The van der Waals surface area contributed by atoms with E-state index in [1.807, 2.05) is 54.3 Å². The van der Waals surface area contributed by atoms with Crippen molar-refractivity contribution in [2.45, 2.75) is 44.6 Å². The Morgan fingerprint density at radius 2 is 1.78 bits per heavy atom. The lowest BCUT2D eigenvalue weighted by molar-refractivity contribution is -0.137. The fourth-order valence-electron chi connectivity index (χ4n) is 5.08. The standard InChI is InChI=1S/C28H31N3O4S/c1-20-9-11-22(12-10-20)13-14-26-27(21(2)29-35-26)36(33,34)31-16-5-8-25(19-31)28(32)30-17-15-23-6-3-4-7-24(23)18-30/h3-4,6-7,9-14,25H,5,8,15-19H2,1-2H3/b14-13+/t25-/m0/s1. The van der Waals surface area contributed by atoms with Crippen LogP contribution >= 0.6 is 0 Å². The van der Waals surface area contributed by atoms with Crippen LogP contribution in [0.15, 0.2) is 57.9 Å². The van der Waals surface area contributed by atoms with Gasteiger partial charge in [-0.25, -0.2) is 8.42 Å². The van der Waals surface area contributed by atoms with Crippen molar-refractivity contribution in [3.05, 3.63) is 82.2 Å². The number of benzene rings is 2. The highest BCUT2D eigenvalue weighted by molar-refractivity contribution is 7.89. The molecule has 2 aliphatic rings. The molecular formula is C28H31N3O4S. The number of carbonyl (C=O) groups excluding carboxylic acids is 1. The van der Waals surface area contributed by atoms with Crippen molar-refractivity contribution in [3.8, 4) is 0 Å². The van der Waals surface area contributed by atoms with Gasteiger partial charge >= 0.3 is 0 Å². The number of aromatic nitrogens is 1. The minimum absolute atomic E-state index is 0.0333. The number of sulfonamides is 1. The minimum Gasteiger partial charge on any atom is -0.355 e. The summed E-state index contributed by atoms with van der Waals surface area (Å²) in [5, 5.41) is 3.95. The summed E-state index contributed by atoms with van der Waals surface area (Å²) < 4.78 is 34.3. The van der Waals surface area contributed by atoms with Crippen LogP contribution in [0.5, 0.6) is 0 Å². The number of piperidine rings is 1. The molecule has 1 atom stereocenters. The summed E-state index contributed by atoms with van der Waals surface area (Å²) in [5.74, 6) is -0.120. The Labute approximate surface area is 212 Å². The highest BCUT2D eigenvalue weighted by atomic mass is 32.2. The lowest BCUT2D eigenvalue weighted by Gasteiger charge is -2.36. The molecule has 0 radical (unpaired) electrons. The second kappa shape index (κ2) is 10.0. The van der Waals surface area contributed by atoms with Gasteiger partial charge in [-0.3, -0.25) is 4.79 Å². The fourth-order valence-corrected chi connectivity index (χ4v) is 6.86. The molecule has 36 heavy (non-hydrogen) atoms. The van der Waals surface area contributed by atoms with E-state index < -0.39 is 10.0 Å². The third-order valence-electron chi connectivity index (χ3n) is 7.11. The molecule has 1 saturated heterocycles. The molecule has 8 heteroatoms. The molecule has 188 valence electrons. The van der Waals surface area contributed by atoms with Crippen LogP contribution in [0, 0.1) is 19.8 Å². The first-order valence-corrected chi connectivity index (χ1v) is 13.8. The van der Waals surface area contributed by atoms with E-state index in [0.717, 1.165) is 17.5 Å². The monoisotopic (exact) mass is 505 g/mol. The summed E-state index contributed by atoms with van der Waals surface area (Å²) in [5.41, 5.74) is 4.85. The fraction of sp³-hybridized carbons (Fsp3) is 0.357. The van der Waals surface area contributed by atoms with E-state index in [0.29, 0.717) is 38.2 Å². The maximum atomic E-state index is 13.7. The molecule has 2 aliphatic heterocycles. The number of nitrogens with zero attached hydrogens (tertiary/aromatic N) is 3. The second-order valence-electron chi connectivity index (χ2n) is 9.69. The first kappa shape index (κ1) is 24.5. The summed E-state index contributed by atoms with van der Waals surface area (Å²) in [6, 6.07) is 16.1. The molecule has 1 aromatic heterocycles. The molecule has 0 unspecified atom stereocenters. The van der Waals surface area contributed by atoms with Gasteiger partial charge in [-0.15, -0.1) is 0 Å². The molecule has 1 amide bonds. The molecule has 0 N–H and O–H groups in total. The summed E-state index contributed by atoms with van der Waals surface area (Å²) in [6.07, 6.45) is 5.61. The van der Waals surface area contributed by atoms with Crippen LogP contribution in [-0.2, 0) is 27.8 Å². The number of amides is 1. The number of rotatable bonds is 5. The minimum atomic E-state index is -3.88. The molecule has 0 aliphatic carbocycles. The van der Waals surface area contributed by atoms with Crippen LogP contribution in [0.2, 0.25) is 0 Å². The zero-order valence-electron chi connectivity index (χ0n) is 20.7. The van der Waals surface area contributed by atoms with Crippen LogP contribution in [0.1, 0.15) is 46.5 Å². The molecule has 3 heterocycles. The van der Waals surface area contributed by atoms with Crippen molar-refractivity contribution < 1.29 is 17.7 Å². The smallest absolute Gasteiger partial charge is 0.248 e. The van der Waals surface area contributed by atoms with Crippen LogP contribution in [0.4, 0.5) is 0 Å². The summed E-state index contributed by atoms with van der Waals surface area (Å²) in [6.45, 7) is 5.44. The zero-order chi connectivity index (χ0) is 25.3. The molecular weight excluding hydrogens is 474 g/mol. The van der Waals surface area contributed by atoms with Crippen molar-refractivity contribution in [3.63, 3.8) is 0 Å². The van der Waals surface area contributed by atoms with Gasteiger partial charge in [0.2, 0.25) is 15.9 Å². The van der Waals surface area contributed by atoms with E-state index in [2.05, 4.69) is 17.3 Å². The van der Waals surface area contributed by atoms with Crippen LogP contribution in [-0.4, -0.2) is 48.3 Å². The molecule has 0 spiro atoms. The van der Waals surface area contributed by atoms with Crippen molar-refractivity contribution in [2.24, 2.45) is 5.92 Å². The average molecular weight is 506 g/mol. The molecule has 5 rings (SSSR count). The Balaban J connectivity index is 1.33. The number of hydrogen-bond donors (Lipinski definition) is 0. The number of hydrogen-bond acceptors (Lipinski definition) is 5. The SMILES string of the molecule is Cc1ccc(/C=C/c2onc(C)c2S(=O)(=O)N2CCC[C@H](C(=O)N3CCc4ccccc4C3)C2)cc1. The Morgan fingerprint density at radius 1 is 1.03 bits per heavy atom. The molecule has 0 saturated carbocycles. The van der Waals surface area contributed by atoms with Crippen molar-refractivity contribution in [2.75, 3.05) is 19.6 Å². The van der Waals surface area contributed by atoms with Crippen LogP contribution in [0.3, 0.4) is 0 Å². The zero-order valence-corrected chi connectivity index (χ0v) is 21.5. The van der Waals surface area contributed by atoms with E-state index in [-0.39, 0.29) is 29.0 Å². The maximum Gasteiger partial charge on any atom is 0.248 e. The van der Waals surface area contributed by atoms with Gasteiger partial charge in [0.15, 0.2) is 10.7 Å². The van der Waals surface area contributed by atoms with Gasteiger partial charge in [-0.05, 0) is 55.9 Å². The first-order valence-electron chi connectivity index (χ1n) is 12.4. The van der Waals surface area contributed by atoms with E-state index >= 15 is 0 Å². The van der Waals surface area contributed by atoms with Crippen molar-refractivity contribution >= 4 is 28.1 Å². The summed E-state index contributed by atoms with van der Waals surface area (Å²) in [4.78, 5) is 15.4. The molecule has 1 fully saturated rings. The normalized spacial score (nSPS) is 18.9. The lowest BCUT2D eigenvalue weighted by atomic mass is 9.95. The maximum absolute atomic E-state index is 13.7. The van der Waals surface area contributed by atoms with E-state index in [1.165, 1.54) is 15.4 Å². The van der Waals surface area contributed by atoms with E-state index in [9.17, 15) is 13.2 Å². The highest BCUT2D eigenvalue weighted by Gasteiger charge is 2.38. The van der Waals surface area contributed by atoms with Gasteiger partial charge in [0, 0.05) is 26.2 Å². The largest absolute Gasteiger partial charge is 0.355 e. The van der Waals surface area contributed by atoms with Gasteiger partial charge in [0.25, 0.3) is 0 Å². The van der Waals surface area contributed by atoms with Gasteiger partial charge in [0.1, 0.15) is 5.69 Å². The lowest BCUT2D eigenvalue weighted by Crippen LogP contribution is -2.47. The quantitative estimate of drug-likeness (QED) is 0.512. The Bertz CT molecular complexity index is 1390. The molecule has 2 aromatic carbocycles. The third-order valence-corrected chi connectivity index (χ3v) is 9.14. The van der Waals surface area contributed by atoms with Gasteiger partial charge in [-0.2, -0.15) is 4.31 Å². The summed E-state index contributed by atoms with van der Waals surface area (Å²) >= 11 is 0. The van der Waals surface area contributed by atoms with Gasteiger partial charge in [0.05, 0.1) is 5.92 Å². The van der Waals surface area contributed by atoms with Gasteiger partial charge < -0.3 is 9.42 Å². The second-order valence-corrected chi connectivity index (χ2v) is 11.6. The van der Waals surface area contributed by atoms with Crippen molar-refractivity contribution in [1.82, 2.24) is 14.4 Å². The first-order chi connectivity index (χ1) is 17.3. The van der Waals surface area contributed by atoms with E-state index in [1.54, 1.807) is 13.0 Å². The predicted molar refractivity (Wildman–Crippen MR) is 138 cm³/mol. The Hall–Kier alpha value is -3.23. The highest BCUT2D eigenvalue weighted by Crippen LogP contribution is 2.31. The molecule has 3 aromatic rings. The van der Waals surface area contributed by atoms with E-state index in [4.69, 9.17) is 4.52 Å². The molecule has 0 bridgehead atoms. The number of aryl methyl sites for hydroxylation is 2. The molecule has 7 nitrogen and oxygen atoms in total. The Morgan fingerprint density at radius 3 is 2.56 bits per heavy atom. The van der Waals surface area contributed by atoms with Gasteiger partial charge in [-0.1, -0.05) is 65.3 Å². The average Bonchev–Trinajstić information content (AvgIpc) is 3.28. The number of fused-ring (bicyclic) bond motifs is 1. The van der Waals surface area contributed by atoms with Crippen LogP contribution in [0.25, 0.3) is 12.2 Å². The number of carbonyl (C=O) groups is 1. The topological polar surface area (TPSA) is 83.7 Å². The third kappa shape index (κ3) is 4.88. The predicted octanol–water partition coefficient (Wildman–Crippen LogP) is 4.45.